The second kappa shape index (κ2) is 8.61. The number of anilines is 1. The molecular weight excluding hydrogens is 392 g/mol. The number of nitrogens with two attached hydrogens (primary N) is 1. The average Bonchev–Trinajstić information content (AvgIpc) is 2.68. The summed E-state index contributed by atoms with van der Waals surface area (Å²) in [6, 6.07) is 6.97. The Bertz CT molecular complexity index is 1000. The van der Waals surface area contributed by atoms with Gasteiger partial charge in [-0.3, -0.25) is 14.4 Å². The molecule has 8 heteroatoms. The summed E-state index contributed by atoms with van der Waals surface area (Å²) in [5.41, 5.74) is 6.75. The fourth-order valence-electron chi connectivity index (χ4n) is 3.72. The van der Waals surface area contributed by atoms with Gasteiger partial charge < -0.3 is 16.0 Å². The van der Waals surface area contributed by atoms with E-state index in [0.717, 1.165) is 17.2 Å². The number of carbonyl (C=O) groups is 3. The van der Waals surface area contributed by atoms with Crippen LogP contribution in [0.1, 0.15) is 44.7 Å². The zero-order valence-electron chi connectivity index (χ0n) is 16.8. The maximum atomic E-state index is 14.1. The van der Waals surface area contributed by atoms with Gasteiger partial charge in [-0.05, 0) is 44.9 Å². The number of hydrogen-bond donors (Lipinski definition) is 2. The SMILES string of the molecule is Cc1cc(C)cc(C(=O)N2CCCC(C(=O)Nc3cc(C(N)=O)c(F)cc3F)C2)c1. The summed E-state index contributed by atoms with van der Waals surface area (Å²) >= 11 is 0. The van der Waals surface area contributed by atoms with Crippen LogP contribution in [-0.4, -0.2) is 35.7 Å². The van der Waals surface area contributed by atoms with Crippen LogP contribution in [0.5, 0.6) is 0 Å². The van der Waals surface area contributed by atoms with Gasteiger partial charge in [0.15, 0.2) is 0 Å². The fourth-order valence-corrected chi connectivity index (χ4v) is 3.72. The molecule has 0 aliphatic carbocycles. The molecular formula is C22H23F2N3O3. The Balaban J connectivity index is 1.74. The summed E-state index contributed by atoms with van der Waals surface area (Å²) in [7, 11) is 0. The zero-order chi connectivity index (χ0) is 22.0. The van der Waals surface area contributed by atoms with Gasteiger partial charge in [0.1, 0.15) is 11.6 Å². The van der Waals surface area contributed by atoms with Crippen molar-refractivity contribution in [2.24, 2.45) is 11.7 Å². The minimum atomic E-state index is -1.10. The first-order valence-corrected chi connectivity index (χ1v) is 9.63. The second-order valence-corrected chi connectivity index (χ2v) is 7.63. The third-order valence-electron chi connectivity index (χ3n) is 5.13. The average molecular weight is 415 g/mol. The molecule has 1 aliphatic rings. The molecule has 2 aromatic carbocycles. The largest absolute Gasteiger partial charge is 0.366 e. The minimum absolute atomic E-state index is 0.164. The first-order valence-electron chi connectivity index (χ1n) is 9.63. The topological polar surface area (TPSA) is 92.5 Å². The van der Waals surface area contributed by atoms with Crippen LogP contribution in [0.4, 0.5) is 14.5 Å². The standard InChI is InChI=1S/C22H23F2N3O3/c1-12-6-13(2)8-15(7-12)22(30)27-5-3-4-14(11-27)21(29)26-19-9-16(20(25)28)17(23)10-18(19)24/h6-10,14H,3-5,11H2,1-2H3,(H2,25,28)(H,26,29). The molecule has 1 aliphatic heterocycles. The second-order valence-electron chi connectivity index (χ2n) is 7.63. The van der Waals surface area contributed by atoms with E-state index in [1.54, 1.807) is 17.0 Å². The van der Waals surface area contributed by atoms with Crippen molar-refractivity contribution in [1.29, 1.82) is 0 Å². The molecule has 3 amide bonds. The van der Waals surface area contributed by atoms with Gasteiger partial charge in [-0.2, -0.15) is 0 Å². The number of hydrogen-bond acceptors (Lipinski definition) is 3. The highest BCUT2D eigenvalue weighted by Crippen LogP contribution is 2.24. The predicted molar refractivity (Wildman–Crippen MR) is 108 cm³/mol. The molecule has 0 bridgehead atoms. The lowest BCUT2D eigenvalue weighted by Gasteiger charge is -2.32. The molecule has 3 rings (SSSR count). The van der Waals surface area contributed by atoms with Crippen molar-refractivity contribution in [2.75, 3.05) is 18.4 Å². The Hall–Kier alpha value is -3.29. The molecule has 6 nitrogen and oxygen atoms in total. The van der Waals surface area contributed by atoms with Gasteiger partial charge >= 0.3 is 0 Å². The Labute approximate surface area is 173 Å². The molecule has 1 heterocycles. The number of amides is 3. The molecule has 1 saturated heterocycles. The Kier molecular flexibility index (Phi) is 6.14. The van der Waals surface area contributed by atoms with Crippen LogP contribution >= 0.6 is 0 Å². The molecule has 0 radical (unpaired) electrons. The molecule has 158 valence electrons. The summed E-state index contributed by atoms with van der Waals surface area (Å²) < 4.78 is 27.7. The lowest BCUT2D eigenvalue weighted by Crippen LogP contribution is -2.43. The summed E-state index contributed by atoms with van der Waals surface area (Å²) in [5, 5.41) is 2.39. The van der Waals surface area contributed by atoms with Crippen molar-refractivity contribution in [1.82, 2.24) is 4.90 Å². The van der Waals surface area contributed by atoms with Crippen LogP contribution in [0.2, 0.25) is 0 Å². The monoisotopic (exact) mass is 415 g/mol. The number of nitrogens with zero attached hydrogens (tertiary/aromatic N) is 1. The van der Waals surface area contributed by atoms with E-state index in [1.807, 2.05) is 19.9 Å². The third-order valence-corrected chi connectivity index (χ3v) is 5.13. The van der Waals surface area contributed by atoms with Crippen molar-refractivity contribution in [3.05, 3.63) is 64.2 Å². The highest BCUT2D eigenvalue weighted by atomic mass is 19.1. The molecule has 3 N–H and O–H groups in total. The van der Waals surface area contributed by atoms with Crippen LogP contribution in [0.3, 0.4) is 0 Å². The van der Waals surface area contributed by atoms with Gasteiger partial charge in [0.2, 0.25) is 5.91 Å². The lowest BCUT2D eigenvalue weighted by molar-refractivity contribution is -0.121. The lowest BCUT2D eigenvalue weighted by atomic mass is 9.96. The van der Waals surface area contributed by atoms with Crippen molar-refractivity contribution in [2.45, 2.75) is 26.7 Å². The number of piperidine rings is 1. The molecule has 30 heavy (non-hydrogen) atoms. The van der Waals surface area contributed by atoms with Gasteiger partial charge in [-0.1, -0.05) is 17.2 Å². The van der Waals surface area contributed by atoms with Crippen molar-refractivity contribution in [3.8, 4) is 0 Å². The molecule has 0 spiro atoms. The van der Waals surface area contributed by atoms with Crippen LogP contribution in [0, 0.1) is 31.4 Å². The van der Waals surface area contributed by atoms with Crippen LogP contribution in [0.15, 0.2) is 30.3 Å². The quantitative estimate of drug-likeness (QED) is 0.803. The molecule has 1 atom stereocenters. The summed E-state index contributed by atoms with van der Waals surface area (Å²) in [6.07, 6.45) is 1.14. The van der Waals surface area contributed by atoms with Crippen LogP contribution in [0.25, 0.3) is 0 Å². The van der Waals surface area contributed by atoms with Gasteiger partial charge in [-0.15, -0.1) is 0 Å². The number of carbonyl (C=O) groups excluding carboxylic acids is 3. The van der Waals surface area contributed by atoms with E-state index in [4.69, 9.17) is 5.73 Å². The maximum Gasteiger partial charge on any atom is 0.253 e. The van der Waals surface area contributed by atoms with Gasteiger partial charge in [0, 0.05) is 24.7 Å². The summed E-state index contributed by atoms with van der Waals surface area (Å²) in [5.74, 6) is -4.40. The van der Waals surface area contributed by atoms with Crippen molar-refractivity contribution >= 4 is 23.4 Å². The van der Waals surface area contributed by atoms with E-state index in [0.29, 0.717) is 31.0 Å². The first kappa shape index (κ1) is 21.4. The summed E-state index contributed by atoms with van der Waals surface area (Å²) in [4.78, 5) is 38.4. The summed E-state index contributed by atoms with van der Waals surface area (Å²) in [6.45, 7) is 4.52. The Morgan fingerprint density at radius 3 is 2.33 bits per heavy atom. The van der Waals surface area contributed by atoms with E-state index < -0.39 is 34.9 Å². The van der Waals surface area contributed by atoms with E-state index in [2.05, 4.69) is 5.32 Å². The number of rotatable bonds is 4. The van der Waals surface area contributed by atoms with Crippen LogP contribution in [-0.2, 0) is 4.79 Å². The Morgan fingerprint density at radius 1 is 1.03 bits per heavy atom. The van der Waals surface area contributed by atoms with Crippen LogP contribution < -0.4 is 11.1 Å². The van der Waals surface area contributed by atoms with Gasteiger partial charge in [0.05, 0.1) is 17.2 Å². The molecule has 1 fully saturated rings. The Morgan fingerprint density at radius 2 is 1.70 bits per heavy atom. The molecule has 2 aromatic rings. The predicted octanol–water partition coefficient (Wildman–Crippen LogP) is 3.17. The number of primary amides is 1. The number of aryl methyl sites for hydroxylation is 2. The van der Waals surface area contributed by atoms with E-state index in [-0.39, 0.29) is 18.1 Å². The number of halogens is 2. The smallest absolute Gasteiger partial charge is 0.253 e. The van der Waals surface area contributed by atoms with E-state index >= 15 is 0 Å². The number of benzene rings is 2. The number of nitrogens with one attached hydrogen (secondary N) is 1. The highest BCUT2D eigenvalue weighted by Gasteiger charge is 2.30. The van der Waals surface area contributed by atoms with Crippen molar-refractivity contribution in [3.63, 3.8) is 0 Å². The molecule has 1 unspecified atom stereocenters. The minimum Gasteiger partial charge on any atom is -0.366 e. The molecule has 0 saturated carbocycles. The molecule has 0 aromatic heterocycles. The first-order chi connectivity index (χ1) is 14.2. The zero-order valence-corrected chi connectivity index (χ0v) is 16.8. The highest BCUT2D eigenvalue weighted by molar-refractivity contribution is 5.98. The third kappa shape index (κ3) is 4.64. The normalized spacial score (nSPS) is 16.3. The van der Waals surface area contributed by atoms with Gasteiger partial charge in [0.25, 0.3) is 11.8 Å². The van der Waals surface area contributed by atoms with E-state index in [1.165, 1.54) is 0 Å². The van der Waals surface area contributed by atoms with E-state index in [9.17, 15) is 23.2 Å². The fraction of sp³-hybridized carbons (Fsp3) is 0.318. The van der Waals surface area contributed by atoms with Gasteiger partial charge in [-0.25, -0.2) is 8.78 Å². The maximum absolute atomic E-state index is 14.1. The number of likely N-dealkylation sites (tertiary alicyclic amines) is 1. The van der Waals surface area contributed by atoms with Crippen molar-refractivity contribution < 1.29 is 23.2 Å².